The van der Waals surface area contributed by atoms with Crippen LogP contribution in [-0.4, -0.2) is 15.5 Å². The molecule has 0 saturated carbocycles. The number of ether oxygens (including phenoxy) is 1. The summed E-state index contributed by atoms with van der Waals surface area (Å²) in [5.74, 6) is 0.599. The van der Waals surface area contributed by atoms with Gasteiger partial charge in [0.2, 0.25) is 0 Å². The SMILES string of the molecule is CCC(C)(C)c1ccc(OC(=O)Nc2cccc(-c3cn4cccc(C)c4n3)c2)c(C(C)(C)CC)c1. The van der Waals surface area contributed by atoms with E-state index in [4.69, 9.17) is 9.72 Å². The van der Waals surface area contributed by atoms with Gasteiger partial charge in [-0.05, 0) is 66.0 Å². The first-order chi connectivity index (χ1) is 17.0. The molecule has 0 radical (unpaired) electrons. The molecule has 2 heterocycles. The Morgan fingerprint density at radius 1 is 0.972 bits per heavy atom. The first kappa shape index (κ1) is 25.5. The maximum absolute atomic E-state index is 13.0. The van der Waals surface area contributed by atoms with Crippen LogP contribution in [-0.2, 0) is 10.8 Å². The molecule has 1 N–H and O–H groups in total. The van der Waals surface area contributed by atoms with Gasteiger partial charge in [-0.1, -0.05) is 71.9 Å². The van der Waals surface area contributed by atoms with Gasteiger partial charge in [0.15, 0.2) is 0 Å². The monoisotopic (exact) mass is 483 g/mol. The number of hydrogen-bond acceptors (Lipinski definition) is 3. The van der Waals surface area contributed by atoms with Crippen molar-refractivity contribution in [3.05, 3.63) is 83.7 Å². The zero-order valence-corrected chi connectivity index (χ0v) is 22.5. The third kappa shape index (κ3) is 5.15. The van der Waals surface area contributed by atoms with Crippen molar-refractivity contribution in [2.45, 2.75) is 72.1 Å². The summed E-state index contributed by atoms with van der Waals surface area (Å²) in [5.41, 5.74) is 6.69. The van der Waals surface area contributed by atoms with E-state index in [9.17, 15) is 4.79 Å². The fourth-order valence-electron chi connectivity index (χ4n) is 4.26. The van der Waals surface area contributed by atoms with E-state index in [1.165, 1.54) is 5.56 Å². The quantitative estimate of drug-likeness (QED) is 0.288. The summed E-state index contributed by atoms with van der Waals surface area (Å²) >= 11 is 0. The number of aryl methyl sites for hydroxylation is 1. The zero-order chi connectivity index (χ0) is 26.1. The Kier molecular flexibility index (Phi) is 6.94. The smallest absolute Gasteiger partial charge is 0.410 e. The number of hydrogen-bond donors (Lipinski definition) is 1. The van der Waals surface area contributed by atoms with Crippen LogP contribution in [0.15, 0.2) is 67.0 Å². The summed E-state index contributed by atoms with van der Waals surface area (Å²) < 4.78 is 7.89. The molecule has 0 atom stereocenters. The van der Waals surface area contributed by atoms with Crippen molar-refractivity contribution < 1.29 is 9.53 Å². The van der Waals surface area contributed by atoms with Crippen molar-refractivity contribution in [2.75, 3.05) is 5.32 Å². The van der Waals surface area contributed by atoms with Crippen molar-refractivity contribution in [1.82, 2.24) is 9.38 Å². The highest BCUT2D eigenvalue weighted by Crippen LogP contribution is 2.38. The van der Waals surface area contributed by atoms with Gasteiger partial charge < -0.3 is 9.14 Å². The lowest BCUT2D eigenvalue weighted by Crippen LogP contribution is -2.23. The summed E-state index contributed by atoms with van der Waals surface area (Å²) in [6, 6.07) is 18.0. The Labute approximate surface area is 214 Å². The van der Waals surface area contributed by atoms with Gasteiger partial charge >= 0.3 is 6.09 Å². The van der Waals surface area contributed by atoms with E-state index in [1.807, 2.05) is 66.2 Å². The van der Waals surface area contributed by atoms with Crippen LogP contribution in [0, 0.1) is 6.92 Å². The standard InChI is InChI=1S/C31H37N3O2/c1-8-30(4,5)23-15-16-27(25(19-23)31(6,7)9-2)36-29(35)32-24-14-10-13-22(18-24)26-20-34-17-11-12-21(3)28(34)33-26/h10-20H,8-9H2,1-7H3,(H,32,35). The third-order valence-corrected chi connectivity index (χ3v) is 7.54. The minimum atomic E-state index is -0.506. The van der Waals surface area contributed by atoms with Gasteiger partial charge in [0.25, 0.3) is 0 Å². The van der Waals surface area contributed by atoms with E-state index in [-0.39, 0.29) is 10.8 Å². The van der Waals surface area contributed by atoms with Crippen LogP contribution in [0.1, 0.15) is 71.1 Å². The minimum absolute atomic E-state index is 0.0518. The van der Waals surface area contributed by atoms with Crippen molar-refractivity contribution >= 4 is 17.4 Å². The number of nitrogens with one attached hydrogen (secondary N) is 1. The van der Waals surface area contributed by atoms with Gasteiger partial charge in [-0.15, -0.1) is 0 Å². The fraction of sp³-hybridized carbons (Fsp3) is 0.355. The first-order valence-electron chi connectivity index (χ1n) is 12.7. The Hall–Kier alpha value is -3.60. The first-order valence-corrected chi connectivity index (χ1v) is 12.7. The predicted molar refractivity (Wildman–Crippen MR) is 148 cm³/mol. The number of carbonyl (C=O) groups is 1. The molecular formula is C31H37N3O2. The molecule has 0 bridgehead atoms. The van der Waals surface area contributed by atoms with Crippen molar-refractivity contribution in [3.63, 3.8) is 0 Å². The van der Waals surface area contributed by atoms with Gasteiger partial charge in [0, 0.05) is 29.2 Å². The maximum Gasteiger partial charge on any atom is 0.417 e. The molecule has 2 aromatic carbocycles. The maximum atomic E-state index is 13.0. The number of imidazole rings is 1. The summed E-state index contributed by atoms with van der Waals surface area (Å²) in [5, 5.41) is 2.90. The zero-order valence-electron chi connectivity index (χ0n) is 22.5. The molecule has 0 spiro atoms. The summed E-state index contributed by atoms with van der Waals surface area (Å²) in [6.45, 7) is 15.3. The molecule has 4 rings (SSSR count). The molecule has 5 heteroatoms. The van der Waals surface area contributed by atoms with Gasteiger partial charge in [-0.2, -0.15) is 0 Å². The van der Waals surface area contributed by atoms with E-state index < -0.39 is 6.09 Å². The second-order valence-electron chi connectivity index (χ2n) is 10.8. The van der Waals surface area contributed by atoms with Crippen LogP contribution in [0.5, 0.6) is 5.75 Å². The summed E-state index contributed by atoms with van der Waals surface area (Å²) in [4.78, 5) is 17.7. The van der Waals surface area contributed by atoms with Gasteiger partial charge in [0.1, 0.15) is 11.4 Å². The second-order valence-corrected chi connectivity index (χ2v) is 10.8. The lowest BCUT2D eigenvalue weighted by molar-refractivity contribution is 0.214. The summed E-state index contributed by atoms with van der Waals surface area (Å²) in [7, 11) is 0. The topological polar surface area (TPSA) is 55.6 Å². The van der Waals surface area contributed by atoms with Crippen molar-refractivity contribution in [1.29, 1.82) is 0 Å². The van der Waals surface area contributed by atoms with E-state index in [0.29, 0.717) is 11.4 Å². The van der Waals surface area contributed by atoms with E-state index in [2.05, 4.69) is 59.0 Å². The summed E-state index contributed by atoms with van der Waals surface area (Å²) in [6.07, 6.45) is 5.44. The highest BCUT2D eigenvalue weighted by Gasteiger charge is 2.27. The number of anilines is 1. The molecule has 0 aliphatic heterocycles. The van der Waals surface area contributed by atoms with Crippen LogP contribution >= 0.6 is 0 Å². The van der Waals surface area contributed by atoms with Crippen LogP contribution < -0.4 is 10.1 Å². The molecule has 0 aliphatic rings. The number of pyridine rings is 1. The molecule has 0 fully saturated rings. The Morgan fingerprint density at radius 3 is 2.42 bits per heavy atom. The number of carbonyl (C=O) groups excluding carboxylic acids is 1. The van der Waals surface area contributed by atoms with Crippen LogP contribution in [0.2, 0.25) is 0 Å². The molecule has 4 aromatic rings. The van der Waals surface area contributed by atoms with Crippen LogP contribution in [0.4, 0.5) is 10.5 Å². The van der Waals surface area contributed by atoms with Gasteiger partial charge in [0.05, 0.1) is 5.69 Å². The minimum Gasteiger partial charge on any atom is -0.410 e. The van der Waals surface area contributed by atoms with Crippen LogP contribution in [0.3, 0.4) is 0 Å². The molecule has 0 saturated heterocycles. The largest absolute Gasteiger partial charge is 0.417 e. The van der Waals surface area contributed by atoms with E-state index in [1.54, 1.807) is 0 Å². The number of rotatable bonds is 7. The highest BCUT2D eigenvalue weighted by atomic mass is 16.6. The number of fused-ring (bicyclic) bond motifs is 1. The Bertz CT molecular complexity index is 1400. The average molecular weight is 484 g/mol. The molecule has 5 nitrogen and oxygen atoms in total. The van der Waals surface area contributed by atoms with Gasteiger partial charge in [-0.25, -0.2) is 9.78 Å². The average Bonchev–Trinajstić information content (AvgIpc) is 3.30. The number of nitrogens with zero attached hydrogens (tertiary/aromatic N) is 2. The second kappa shape index (κ2) is 9.81. The fourth-order valence-corrected chi connectivity index (χ4v) is 4.26. The number of benzene rings is 2. The van der Waals surface area contributed by atoms with Gasteiger partial charge in [-0.3, -0.25) is 5.32 Å². The van der Waals surface area contributed by atoms with Crippen LogP contribution in [0.25, 0.3) is 16.9 Å². The van der Waals surface area contributed by atoms with E-state index in [0.717, 1.165) is 40.9 Å². The number of aromatic nitrogens is 2. The highest BCUT2D eigenvalue weighted by molar-refractivity contribution is 5.87. The molecule has 1 amide bonds. The Morgan fingerprint density at radius 2 is 1.72 bits per heavy atom. The molecule has 2 aromatic heterocycles. The van der Waals surface area contributed by atoms with E-state index >= 15 is 0 Å². The van der Waals surface area contributed by atoms with Crippen molar-refractivity contribution in [3.8, 4) is 17.0 Å². The molecular weight excluding hydrogens is 446 g/mol. The molecule has 0 aliphatic carbocycles. The third-order valence-electron chi connectivity index (χ3n) is 7.54. The lowest BCUT2D eigenvalue weighted by Gasteiger charge is -2.30. The molecule has 0 unspecified atom stereocenters. The predicted octanol–water partition coefficient (Wildman–Crippen LogP) is 8.30. The normalized spacial score (nSPS) is 12.1. The lowest BCUT2D eigenvalue weighted by atomic mass is 9.76. The molecule has 36 heavy (non-hydrogen) atoms. The van der Waals surface area contributed by atoms with Crippen molar-refractivity contribution in [2.24, 2.45) is 0 Å². The molecule has 188 valence electrons. The Balaban J connectivity index is 1.58. The number of amides is 1.